The van der Waals surface area contributed by atoms with Crippen molar-refractivity contribution in [2.75, 3.05) is 7.11 Å². The predicted molar refractivity (Wildman–Crippen MR) is 133 cm³/mol. The Bertz CT molecular complexity index is 1660. The van der Waals surface area contributed by atoms with Crippen LogP contribution in [-0.4, -0.2) is 22.6 Å². The topological polar surface area (TPSA) is 80.9 Å². The molecule has 4 aromatic rings. The van der Waals surface area contributed by atoms with Crippen LogP contribution in [0.2, 0.25) is 0 Å². The van der Waals surface area contributed by atoms with Gasteiger partial charge in [-0.15, -0.1) is 0 Å². The number of hydrogen-bond donors (Lipinski definition) is 1. The van der Waals surface area contributed by atoms with Crippen molar-refractivity contribution in [2.45, 2.75) is 19.9 Å². The highest BCUT2D eigenvalue weighted by Gasteiger charge is 2.33. The summed E-state index contributed by atoms with van der Waals surface area (Å²) in [6.07, 6.45) is 1.77. The van der Waals surface area contributed by atoms with E-state index in [1.165, 1.54) is 18.3 Å². The maximum atomic E-state index is 13.7. The molecule has 0 radical (unpaired) electrons. The Hall–Kier alpha value is -3.97. The van der Waals surface area contributed by atoms with E-state index in [9.17, 15) is 14.7 Å². The van der Waals surface area contributed by atoms with Gasteiger partial charge in [0.15, 0.2) is 10.6 Å². The molecule has 1 aliphatic rings. The smallest absolute Gasteiger partial charge is 0.271 e. The fourth-order valence-electron chi connectivity index (χ4n) is 4.50. The van der Waals surface area contributed by atoms with Crippen molar-refractivity contribution in [1.82, 2.24) is 4.57 Å². The molecule has 34 heavy (non-hydrogen) atoms. The number of carbonyl (C=O) groups excluding carboxylic acids is 1. The second kappa shape index (κ2) is 8.43. The van der Waals surface area contributed by atoms with Crippen molar-refractivity contribution >= 4 is 34.0 Å². The van der Waals surface area contributed by atoms with Crippen molar-refractivity contribution in [3.8, 4) is 11.5 Å². The van der Waals surface area contributed by atoms with E-state index in [4.69, 9.17) is 4.74 Å². The van der Waals surface area contributed by atoms with Gasteiger partial charge in [-0.2, -0.15) is 0 Å². The Morgan fingerprint density at radius 3 is 2.56 bits per heavy atom. The Labute approximate surface area is 199 Å². The summed E-state index contributed by atoms with van der Waals surface area (Å²) in [5.41, 5.74) is 2.37. The third kappa shape index (κ3) is 3.54. The summed E-state index contributed by atoms with van der Waals surface area (Å²) in [7, 11) is 1.59. The lowest BCUT2D eigenvalue weighted by Crippen LogP contribution is -2.39. The number of aromatic nitrogens is 1. The normalized spacial score (nSPS) is 15.9. The van der Waals surface area contributed by atoms with Crippen LogP contribution in [0.25, 0.3) is 16.8 Å². The first-order valence-corrected chi connectivity index (χ1v) is 11.6. The third-order valence-electron chi connectivity index (χ3n) is 6.02. The number of carbonyl (C=O) groups is 1. The molecule has 0 saturated carbocycles. The Morgan fingerprint density at radius 1 is 1.12 bits per heavy atom. The van der Waals surface area contributed by atoms with Crippen LogP contribution in [0.15, 0.2) is 81.7 Å². The van der Waals surface area contributed by atoms with Gasteiger partial charge in [0.25, 0.3) is 5.56 Å². The minimum Gasteiger partial charge on any atom is -0.508 e. The first-order chi connectivity index (χ1) is 16.4. The lowest BCUT2D eigenvalue weighted by atomic mass is 9.89. The number of phenols is 1. The van der Waals surface area contributed by atoms with E-state index in [0.717, 1.165) is 21.9 Å². The molecule has 5 rings (SSSR count). The summed E-state index contributed by atoms with van der Waals surface area (Å²) in [5, 5.41) is 11.5. The fraction of sp³-hybridized carbons (Fsp3) is 0.148. The van der Waals surface area contributed by atoms with E-state index in [1.54, 1.807) is 48.9 Å². The molecule has 170 valence electrons. The summed E-state index contributed by atoms with van der Waals surface area (Å²) in [5.74, 6) is 0.614. The molecule has 0 bridgehead atoms. The summed E-state index contributed by atoms with van der Waals surface area (Å²) in [4.78, 5) is 31.8. The number of benzene rings is 3. The second-order valence-corrected chi connectivity index (χ2v) is 9.14. The molecular weight excluding hydrogens is 448 g/mol. The molecule has 1 aliphatic heterocycles. The first kappa shape index (κ1) is 21.9. The van der Waals surface area contributed by atoms with Gasteiger partial charge in [0.2, 0.25) is 0 Å². The Morgan fingerprint density at radius 2 is 1.85 bits per heavy atom. The van der Waals surface area contributed by atoms with Gasteiger partial charge in [-0.3, -0.25) is 14.2 Å². The fourth-order valence-corrected chi connectivity index (χ4v) is 5.55. The number of allylic oxidation sites excluding steroid dienone is 2. The molecule has 6 nitrogen and oxygen atoms in total. The molecule has 0 amide bonds. The molecule has 2 heterocycles. The number of rotatable bonds is 4. The number of aromatic hydroxyl groups is 1. The molecule has 1 atom stereocenters. The molecule has 7 heteroatoms. The average molecular weight is 471 g/mol. The summed E-state index contributed by atoms with van der Waals surface area (Å²) < 4.78 is 7.82. The second-order valence-electron chi connectivity index (χ2n) is 8.13. The molecule has 0 spiro atoms. The average Bonchev–Trinajstić information content (AvgIpc) is 3.13. The van der Waals surface area contributed by atoms with E-state index in [0.29, 0.717) is 26.4 Å². The number of nitrogens with zero attached hydrogens (tertiary/aromatic N) is 2. The largest absolute Gasteiger partial charge is 0.508 e. The van der Waals surface area contributed by atoms with Crippen LogP contribution in [-0.2, 0) is 4.79 Å². The van der Waals surface area contributed by atoms with Crippen molar-refractivity contribution < 1.29 is 14.6 Å². The zero-order valence-corrected chi connectivity index (χ0v) is 19.7. The van der Waals surface area contributed by atoms with E-state index in [1.807, 2.05) is 36.4 Å². The van der Waals surface area contributed by atoms with E-state index in [-0.39, 0.29) is 17.1 Å². The van der Waals surface area contributed by atoms with Gasteiger partial charge in [-0.1, -0.05) is 53.8 Å². The molecular formula is C27H22N2O4S. The summed E-state index contributed by atoms with van der Waals surface area (Å²) in [6, 6.07) is 17.7. The lowest BCUT2D eigenvalue weighted by molar-refractivity contribution is -0.114. The Balaban J connectivity index is 1.86. The molecule has 0 saturated heterocycles. The van der Waals surface area contributed by atoms with Crippen LogP contribution in [0.4, 0.5) is 0 Å². The van der Waals surface area contributed by atoms with Crippen molar-refractivity contribution in [3.05, 3.63) is 103 Å². The van der Waals surface area contributed by atoms with Crippen molar-refractivity contribution in [2.24, 2.45) is 4.99 Å². The van der Waals surface area contributed by atoms with Crippen LogP contribution in [0.1, 0.15) is 31.0 Å². The standard InChI is InChI=1S/C27H22N2O4S/c1-15-23(16(2)30)25(24-20-7-5-4-6-18(20)10-13-21(24)33-3)29-26(32)22(34-27(29)28-15)14-17-8-11-19(31)12-9-17/h4-14,25,31H,1-3H3/b22-14-/t25-/m0/s1. The molecule has 0 unspecified atom stereocenters. The molecule has 3 aromatic carbocycles. The van der Waals surface area contributed by atoms with E-state index in [2.05, 4.69) is 4.99 Å². The van der Waals surface area contributed by atoms with Gasteiger partial charge < -0.3 is 9.84 Å². The van der Waals surface area contributed by atoms with Crippen LogP contribution < -0.4 is 19.6 Å². The zero-order valence-electron chi connectivity index (χ0n) is 18.9. The first-order valence-electron chi connectivity index (χ1n) is 10.8. The highest BCUT2D eigenvalue weighted by molar-refractivity contribution is 7.07. The predicted octanol–water partition coefficient (Wildman–Crippen LogP) is 3.69. The number of fused-ring (bicyclic) bond motifs is 2. The van der Waals surface area contributed by atoms with Crippen molar-refractivity contribution in [3.63, 3.8) is 0 Å². The number of thiazole rings is 1. The lowest BCUT2D eigenvalue weighted by Gasteiger charge is -2.27. The monoisotopic (exact) mass is 470 g/mol. The number of Topliss-reactive ketones (excluding diaryl/α,β-unsaturated/α-hetero) is 1. The van der Waals surface area contributed by atoms with Gasteiger partial charge in [0, 0.05) is 16.8 Å². The third-order valence-corrected chi connectivity index (χ3v) is 7.00. The summed E-state index contributed by atoms with van der Waals surface area (Å²) in [6.45, 7) is 3.31. The zero-order chi connectivity index (χ0) is 24.0. The molecule has 1 aromatic heterocycles. The van der Waals surface area contributed by atoms with Crippen LogP contribution >= 0.6 is 11.3 Å². The summed E-state index contributed by atoms with van der Waals surface area (Å²) >= 11 is 1.28. The molecule has 1 N–H and O–H groups in total. The SMILES string of the molecule is COc1ccc2ccccc2c1[C@@H]1C(C(C)=O)=C(C)N=c2s/c(=C\c3ccc(O)cc3)c(=O)n21. The van der Waals surface area contributed by atoms with Crippen LogP contribution in [0.5, 0.6) is 11.5 Å². The Kier molecular flexibility index (Phi) is 5.42. The van der Waals surface area contributed by atoms with Gasteiger partial charge >= 0.3 is 0 Å². The van der Waals surface area contributed by atoms with Crippen molar-refractivity contribution in [1.29, 1.82) is 0 Å². The van der Waals surface area contributed by atoms with E-state index >= 15 is 0 Å². The maximum absolute atomic E-state index is 13.7. The van der Waals surface area contributed by atoms with Crippen LogP contribution in [0.3, 0.4) is 0 Å². The van der Waals surface area contributed by atoms with Gasteiger partial charge in [-0.25, -0.2) is 4.99 Å². The van der Waals surface area contributed by atoms with Gasteiger partial charge in [0.05, 0.1) is 17.7 Å². The molecule has 0 aliphatic carbocycles. The van der Waals surface area contributed by atoms with Gasteiger partial charge in [0.1, 0.15) is 11.5 Å². The highest BCUT2D eigenvalue weighted by Crippen LogP contribution is 2.40. The number of methoxy groups -OCH3 is 1. The number of ketones is 1. The quantitative estimate of drug-likeness (QED) is 0.493. The van der Waals surface area contributed by atoms with Gasteiger partial charge in [-0.05, 0) is 54.5 Å². The van der Waals surface area contributed by atoms with E-state index < -0.39 is 6.04 Å². The maximum Gasteiger partial charge on any atom is 0.271 e. The number of phenolic OH excluding ortho intramolecular Hbond substituents is 1. The minimum atomic E-state index is -0.670. The van der Waals surface area contributed by atoms with Crippen LogP contribution in [0, 0.1) is 0 Å². The number of ether oxygens (including phenoxy) is 1. The number of hydrogen-bond acceptors (Lipinski definition) is 6. The minimum absolute atomic E-state index is 0.144. The highest BCUT2D eigenvalue weighted by atomic mass is 32.1. The molecule has 0 fully saturated rings.